The van der Waals surface area contributed by atoms with E-state index < -0.39 is 11.2 Å². The zero-order valence-corrected chi connectivity index (χ0v) is 18.1. The lowest BCUT2D eigenvalue weighted by atomic mass is 9.72. The summed E-state index contributed by atoms with van der Waals surface area (Å²) in [6, 6.07) is 8.19. The third-order valence-corrected chi connectivity index (χ3v) is 5.83. The van der Waals surface area contributed by atoms with E-state index in [0.717, 1.165) is 55.4 Å². The zero-order valence-electron chi connectivity index (χ0n) is 16.5. The highest BCUT2D eigenvalue weighted by atomic mass is 79.9. The van der Waals surface area contributed by atoms with E-state index in [-0.39, 0.29) is 18.2 Å². The van der Waals surface area contributed by atoms with Gasteiger partial charge in [0.05, 0.1) is 17.8 Å². The van der Waals surface area contributed by atoms with Crippen LogP contribution in [0.2, 0.25) is 0 Å². The highest BCUT2D eigenvalue weighted by Gasteiger charge is 2.46. The third-order valence-electron chi connectivity index (χ3n) is 5.34. The van der Waals surface area contributed by atoms with Crippen molar-refractivity contribution in [1.29, 1.82) is 0 Å². The van der Waals surface area contributed by atoms with Crippen molar-refractivity contribution in [2.75, 3.05) is 26.3 Å². The molecule has 0 atom stereocenters. The van der Waals surface area contributed by atoms with Crippen LogP contribution in [-0.4, -0.2) is 43.5 Å². The second kappa shape index (κ2) is 8.19. The minimum atomic E-state index is -0.512. The van der Waals surface area contributed by atoms with Gasteiger partial charge in [-0.25, -0.2) is 4.79 Å². The zero-order chi connectivity index (χ0) is 19.5. The van der Waals surface area contributed by atoms with E-state index in [1.807, 2.05) is 32.9 Å². The van der Waals surface area contributed by atoms with Crippen LogP contribution in [0.25, 0.3) is 0 Å². The number of ether oxygens (including phenoxy) is 3. The van der Waals surface area contributed by atoms with Crippen molar-refractivity contribution >= 4 is 21.9 Å². The van der Waals surface area contributed by atoms with E-state index in [1.165, 1.54) is 0 Å². The highest BCUT2D eigenvalue weighted by molar-refractivity contribution is 9.10. The summed E-state index contributed by atoms with van der Waals surface area (Å²) in [6.45, 7) is 8.10. The van der Waals surface area contributed by atoms with E-state index in [2.05, 4.69) is 33.4 Å². The predicted octanol–water partition coefficient (Wildman–Crippen LogP) is 3.94. The van der Waals surface area contributed by atoms with Gasteiger partial charge in [0.25, 0.3) is 0 Å². The van der Waals surface area contributed by atoms with Crippen LogP contribution in [0.3, 0.4) is 0 Å². The molecule has 3 rings (SSSR count). The molecule has 1 N–H and O–H groups in total. The minimum absolute atomic E-state index is 0.0457. The Balaban J connectivity index is 1.75. The number of carbonyl (C=O) groups is 1. The molecule has 1 saturated carbocycles. The fourth-order valence-corrected chi connectivity index (χ4v) is 4.39. The molecule has 0 radical (unpaired) electrons. The first-order chi connectivity index (χ1) is 12.7. The lowest BCUT2D eigenvalue weighted by molar-refractivity contribution is -0.179. The topological polar surface area (TPSA) is 56.8 Å². The van der Waals surface area contributed by atoms with Crippen LogP contribution in [0.5, 0.6) is 0 Å². The summed E-state index contributed by atoms with van der Waals surface area (Å²) in [5.74, 6) is -0.326. The van der Waals surface area contributed by atoms with Gasteiger partial charge in [0.2, 0.25) is 0 Å². The normalized spacial score (nSPS) is 28.9. The maximum atomic E-state index is 12.2. The van der Waals surface area contributed by atoms with Gasteiger partial charge in [-0.05, 0) is 64.2 Å². The lowest BCUT2D eigenvalue weighted by Crippen LogP contribution is -2.54. The van der Waals surface area contributed by atoms with Gasteiger partial charge in [-0.2, -0.15) is 0 Å². The van der Waals surface area contributed by atoms with Crippen LogP contribution < -0.4 is 5.32 Å². The molecule has 1 spiro atoms. The largest absolute Gasteiger partial charge is 0.458 e. The van der Waals surface area contributed by atoms with Gasteiger partial charge in [-0.1, -0.05) is 28.1 Å². The Hall–Kier alpha value is -0.950. The molecule has 27 heavy (non-hydrogen) atoms. The number of esters is 1. The van der Waals surface area contributed by atoms with Crippen LogP contribution in [0.1, 0.15) is 52.0 Å². The first kappa shape index (κ1) is 20.8. The molecule has 0 amide bonds. The molecule has 0 bridgehead atoms. The standard InChI is InChI=1S/C21H30BrNO4/c1-19(2,3)27-18(24)14-26-21(16-5-4-6-17(22)13-16)9-7-20(8-10-21)15-23-11-12-25-20/h4-6,13,23H,7-12,14-15H2,1-3H3. The van der Waals surface area contributed by atoms with E-state index in [1.54, 1.807) is 0 Å². The van der Waals surface area contributed by atoms with E-state index in [9.17, 15) is 4.79 Å². The molecule has 0 aromatic heterocycles. The summed E-state index contributed by atoms with van der Waals surface area (Å²) in [4.78, 5) is 12.2. The van der Waals surface area contributed by atoms with Gasteiger partial charge in [-0.15, -0.1) is 0 Å². The number of hydrogen-bond acceptors (Lipinski definition) is 5. The summed E-state index contributed by atoms with van der Waals surface area (Å²) in [7, 11) is 0. The fourth-order valence-electron chi connectivity index (χ4n) is 3.99. The number of rotatable bonds is 4. The number of nitrogens with one attached hydrogen (secondary N) is 1. The summed E-state index contributed by atoms with van der Waals surface area (Å²) >= 11 is 3.56. The van der Waals surface area contributed by atoms with Gasteiger partial charge >= 0.3 is 5.97 Å². The second-order valence-corrected chi connectivity index (χ2v) is 9.50. The Morgan fingerprint density at radius 1 is 1.26 bits per heavy atom. The molecule has 1 heterocycles. The van der Waals surface area contributed by atoms with Crippen molar-refractivity contribution in [3.8, 4) is 0 Å². The van der Waals surface area contributed by atoms with Crippen molar-refractivity contribution < 1.29 is 19.0 Å². The Morgan fingerprint density at radius 2 is 2.00 bits per heavy atom. The number of carbonyl (C=O) groups excluding carboxylic acids is 1. The molecule has 2 fully saturated rings. The number of morpholine rings is 1. The smallest absolute Gasteiger partial charge is 0.332 e. The average Bonchev–Trinajstić information content (AvgIpc) is 2.61. The number of benzene rings is 1. The molecule has 1 aliphatic carbocycles. The fraction of sp³-hybridized carbons (Fsp3) is 0.667. The molecule has 1 aromatic carbocycles. The van der Waals surface area contributed by atoms with Crippen molar-refractivity contribution in [2.45, 2.75) is 63.3 Å². The summed E-state index contributed by atoms with van der Waals surface area (Å²) in [5, 5.41) is 3.45. The summed E-state index contributed by atoms with van der Waals surface area (Å²) < 4.78 is 18.9. The molecule has 1 aliphatic heterocycles. The first-order valence-electron chi connectivity index (χ1n) is 9.69. The molecular weight excluding hydrogens is 410 g/mol. The lowest BCUT2D eigenvalue weighted by Gasteiger charge is -2.48. The second-order valence-electron chi connectivity index (χ2n) is 8.59. The summed E-state index contributed by atoms with van der Waals surface area (Å²) in [5.41, 5.74) is -0.0174. The number of hydrogen-bond donors (Lipinski definition) is 1. The van der Waals surface area contributed by atoms with E-state index in [0.29, 0.717) is 0 Å². The maximum Gasteiger partial charge on any atom is 0.332 e. The molecule has 150 valence electrons. The van der Waals surface area contributed by atoms with Crippen molar-refractivity contribution in [3.05, 3.63) is 34.3 Å². The Morgan fingerprint density at radius 3 is 2.59 bits per heavy atom. The quantitative estimate of drug-likeness (QED) is 0.719. The minimum Gasteiger partial charge on any atom is -0.458 e. The molecular formula is C21H30BrNO4. The predicted molar refractivity (Wildman–Crippen MR) is 108 cm³/mol. The van der Waals surface area contributed by atoms with Gasteiger partial charge < -0.3 is 19.5 Å². The van der Waals surface area contributed by atoms with Gasteiger partial charge in [0, 0.05) is 17.6 Å². The van der Waals surface area contributed by atoms with Crippen LogP contribution in [-0.2, 0) is 24.6 Å². The van der Waals surface area contributed by atoms with Gasteiger partial charge in [0.15, 0.2) is 0 Å². The molecule has 6 heteroatoms. The van der Waals surface area contributed by atoms with Crippen LogP contribution in [0.15, 0.2) is 28.7 Å². The van der Waals surface area contributed by atoms with Crippen LogP contribution >= 0.6 is 15.9 Å². The van der Waals surface area contributed by atoms with Gasteiger partial charge in [0.1, 0.15) is 12.2 Å². The Bertz CT molecular complexity index is 654. The van der Waals surface area contributed by atoms with Crippen LogP contribution in [0, 0.1) is 0 Å². The Labute approximate surface area is 170 Å². The first-order valence-corrected chi connectivity index (χ1v) is 10.5. The van der Waals surface area contributed by atoms with Crippen molar-refractivity contribution in [2.24, 2.45) is 0 Å². The number of halogens is 1. The average molecular weight is 440 g/mol. The monoisotopic (exact) mass is 439 g/mol. The SMILES string of the molecule is CC(C)(C)OC(=O)COC1(c2cccc(Br)c2)CCC2(CC1)CNCCO2. The van der Waals surface area contributed by atoms with Crippen LogP contribution in [0.4, 0.5) is 0 Å². The third kappa shape index (κ3) is 5.31. The van der Waals surface area contributed by atoms with Crippen molar-refractivity contribution in [3.63, 3.8) is 0 Å². The van der Waals surface area contributed by atoms with Crippen molar-refractivity contribution in [1.82, 2.24) is 5.32 Å². The molecule has 2 aliphatic rings. The summed E-state index contributed by atoms with van der Waals surface area (Å²) in [6.07, 6.45) is 3.43. The van der Waals surface area contributed by atoms with E-state index in [4.69, 9.17) is 14.2 Å². The highest BCUT2D eigenvalue weighted by Crippen LogP contribution is 2.46. The molecule has 1 saturated heterocycles. The van der Waals surface area contributed by atoms with E-state index >= 15 is 0 Å². The molecule has 5 nitrogen and oxygen atoms in total. The Kier molecular flexibility index (Phi) is 6.31. The van der Waals surface area contributed by atoms with Gasteiger partial charge in [-0.3, -0.25) is 0 Å². The molecule has 1 aromatic rings. The molecule has 0 unspecified atom stereocenters. The maximum absolute atomic E-state index is 12.2.